The summed E-state index contributed by atoms with van der Waals surface area (Å²) in [4.78, 5) is 0. The van der Waals surface area contributed by atoms with E-state index in [0.29, 0.717) is 0 Å². The van der Waals surface area contributed by atoms with Crippen molar-refractivity contribution in [3.8, 4) is 22.5 Å². The highest BCUT2D eigenvalue weighted by atomic mass is 32.1. The van der Waals surface area contributed by atoms with Crippen LogP contribution in [0.3, 0.4) is 0 Å². The number of nitrogens with zero attached hydrogens (tertiary/aromatic N) is 2. The van der Waals surface area contributed by atoms with Gasteiger partial charge in [0.25, 0.3) is 0 Å². The molecule has 45 heavy (non-hydrogen) atoms. The first-order chi connectivity index (χ1) is 22.3. The summed E-state index contributed by atoms with van der Waals surface area (Å²) in [6.45, 7) is 0. The smallest absolute Gasteiger partial charge is 0.0562 e. The Balaban J connectivity index is 1.18. The van der Waals surface area contributed by atoms with Crippen molar-refractivity contribution in [3.05, 3.63) is 158 Å². The number of para-hydroxylation sites is 3. The van der Waals surface area contributed by atoms with E-state index in [2.05, 4.69) is 167 Å². The Morgan fingerprint density at radius 1 is 0.311 bits per heavy atom. The summed E-state index contributed by atoms with van der Waals surface area (Å²) in [6, 6.07) is 57.7. The summed E-state index contributed by atoms with van der Waals surface area (Å²) in [7, 11) is 0. The van der Waals surface area contributed by atoms with Gasteiger partial charge in [-0.1, -0.05) is 97.1 Å². The normalized spacial score (nSPS) is 12.0. The van der Waals surface area contributed by atoms with Crippen molar-refractivity contribution in [3.63, 3.8) is 0 Å². The van der Waals surface area contributed by atoms with Crippen molar-refractivity contribution in [1.82, 2.24) is 9.13 Å². The summed E-state index contributed by atoms with van der Waals surface area (Å²) in [5.74, 6) is 0. The Kier molecular flexibility index (Phi) is 5.19. The van der Waals surface area contributed by atoms with Crippen molar-refractivity contribution in [1.29, 1.82) is 0 Å². The van der Waals surface area contributed by atoms with Gasteiger partial charge in [0.1, 0.15) is 0 Å². The van der Waals surface area contributed by atoms with Gasteiger partial charge in [-0.25, -0.2) is 0 Å². The summed E-state index contributed by atoms with van der Waals surface area (Å²) in [6.07, 6.45) is 0. The van der Waals surface area contributed by atoms with E-state index in [0.717, 1.165) is 5.69 Å². The van der Waals surface area contributed by atoms with Crippen LogP contribution in [0, 0.1) is 0 Å². The molecule has 0 atom stereocenters. The molecule has 3 aromatic heterocycles. The predicted octanol–water partition coefficient (Wildman–Crippen LogP) is 11.9. The van der Waals surface area contributed by atoms with E-state index in [1.165, 1.54) is 80.6 Å². The van der Waals surface area contributed by atoms with Crippen LogP contribution in [0.5, 0.6) is 0 Å². The van der Waals surface area contributed by atoms with Gasteiger partial charge < -0.3 is 9.13 Å². The highest BCUT2D eigenvalue weighted by molar-refractivity contribution is 7.25. The minimum absolute atomic E-state index is 1.16. The lowest BCUT2D eigenvalue weighted by molar-refractivity contribution is 1.16. The number of thiophene rings is 1. The molecule has 0 spiro atoms. The van der Waals surface area contributed by atoms with Crippen LogP contribution in [0.1, 0.15) is 0 Å². The van der Waals surface area contributed by atoms with Crippen LogP contribution in [0.15, 0.2) is 158 Å². The second-order valence-corrected chi connectivity index (χ2v) is 12.9. The molecule has 0 aliphatic carbocycles. The predicted molar refractivity (Wildman–Crippen MR) is 193 cm³/mol. The van der Waals surface area contributed by atoms with E-state index in [9.17, 15) is 0 Å². The van der Waals surface area contributed by atoms with E-state index >= 15 is 0 Å². The quantitative estimate of drug-likeness (QED) is 0.194. The number of aromatic nitrogens is 2. The maximum absolute atomic E-state index is 2.43. The number of rotatable bonds is 3. The van der Waals surface area contributed by atoms with Crippen LogP contribution in [-0.2, 0) is 0 Å². The summed E-state index contributed by atoms with van der Waals surface area (Å²) < 4.78 is 7.50. The molecule has 2 nitrogen and oxygen atoms in total. The Morgan fingerprint density at radius 3 is 1.53 bits per heavy atom. The van der Waals surface area contributed by atoms with E-state index in [-0.39, 0.29) is 0 Å². The summed E-state index contributed by atoms with van der Waals surface area (Å²) in [5.41, 5.74) is 9.68. The molecule has 7 aromatic carbocycles. The molecular weight excluding hydrogens is 565 g/mol. The summed E-state index contributed by atoms with van der Waals surface area (Å²) >= 11 is 1.87. The number of hydrogen-bond donors (Lipinski definition) is 0. The summed E-state index contributed by atoms with van der Waals surface area (Å²) in [5, 5.41) is 7.76. The third-order valence-electron chi connectivity index (χ3n) is 9.32. The molecule has 0 saturated heterocycles. The molecule has 0 unspecified atom stereocenters. The zero-order valence-electron chi connectivity index (χ0n) is 24.3. The fraction of sp³-hybridized carbons (Fsp3) is 0. The molecule has 0 fully saturated rings. The second kappa shape index (κ2) is 9.43. The van der Waals surface area contributed by atoms with E-state index in [4.69, 9.17) is 0 Å². The van der Waals surface area contributed by atoms with Gasteiger partial charge in [0, 0.05) is 53.1 Å². The average molecular weight is 591 g/mol. The van der Waals surface area contributed by atoms with Crippen molar-refractivity contribution < 1.29 is 0 Å². The lowest BCUT2D eigenvalue weighted by atomic mass is 10.0. The van der Waals surface area contributed by atoms with Crippen molar-refractivity contribution >= 4 is 75.1 Å². The molecule has 0 N–H and O–H groups in total. The number of benzene rings is 7. The Hall–Kier alpha value is -5.64. The van der Waals surface area contributed by atoms with Crippen molar-refractivity contribution in [2.75, 3.05) is 0 Å². The molecule has 0 radical (unpaired) electrons. The van der Waals surface area contributed by atoms with Crippen molar-refractivity contribution in [2.45, 2.75) is 0 Å². The largest absolute Gasteiger partial charge is 0.309 e. The zero-order valence-corrected chi connectivity index (χ0v) is 25.1. The molecule has 0 aliphatic heterocycles. The van der Waals surface area contributed by atoms with E-state index < -0.39 is 0 Å². The molecular formula is C42H26N2S. The molecule has 10 rings (SSSR count). The molecule has 3 heteroatoms. The third kappa shape index (κ3) is 3.62. The molecule has 3 heterocycles. The van der Waals surface area contributed by atoms with Gasteiger partial charge in [0.2, 0.25) is 0 Å². The van der Waals surface area contributed by atoms with Crippen LogP contribution in [0.2, 0.25) is 0 Å². The van der Waals surface area contributed by atoms with Crippen LogP contribution < -0.4 is 0 Å². The van der Waals surface area contributed by atoms with Gasteiger partial charge in [-0.2, -0.15) is 0 Å². The van der Waals surface area contributed by atoms with Gasteiger partial charge in [0.05, 0.1) is 22.1 Å². The highest BCUT2D eigenvalue weighted by Gasteiger charge is 2.18. The molecule has 0 aliphatic rings. The Bertz CT molecular complexity index is 2740. The van der Waals surface area contributed by atoms with Gasteiger partial charge >= 0.3 is 0 Å². The average Bonchev–Trinajstić information content (AvgIpc) is 3.75. The highest BCUT2D eigenvalue weighted by Crippen LogP contribution is 2.40. The van der Waals surface area contributed by atoms with Gasteiger partial charge in [-0.05, 0) is 71.8 Å². The van der Waals surface area contributed by atoms with E-state index in [1.54, 1.807) is 0 Å². The molecule has 210 valence electrons. The Morgan fingerprint density at radius 2 is 0.844 bits per heavy atom. The lowest BCUT2D eigenvalue weighted by Crippen LogP contribution is -1.95. The fourth-order valence-corrected chi connectivity index (χ4v) is 8.42. The van der Waals surface area contributed by atoms with E-state index in [1.807, 2.05) is 11.3 Å². The third-order valence-corrected chi connectivity index (χ3v) is 10.5. The van der Waals surface area contributed by atoms with Crippen LogP contribution >= 0.6 is 11.3 Å². The first-order valence-corrected chi connectivity index (χ1v) is 16.2. The lowest BCUT2D eigenvalue weighted by Gasteiger charge is -2.11. The number of fused-ring (bicyclic) bond motifs is 9. The maximum atomic E-state index is 2.43. The van der Waals surface area contributed by atoms with Crippen molar-refractivity contribution in [2.24, 2.45) is 0 Å². The first-order valence-electron chi connectivity index (χ1n) is 15.4. The standard InChI is InChI=1S/C42H26N2S/c1-2-10-29(11-3-1)43-37-15-7-4-12-31(37)35-25-36-32-13-5-8-16-38(32)44(40(36)26-39(35)43)30-21-18-27(19-22-30)28-20-23-34-33-14-6-9-17-41(33)45-42(34)24-28/h1-26H. The SMILES string of the molecule is c1ccc(-n2c3ccccc3c3cc4c5ccccc5n(-c5ccc(-c6ccc7c(c6)sc6ccccc67)cc5)c4cc32)cc1. The van der Waals surface area contributed by atoms with Crippen LogP contribution in [0.4, 0.5) is 0 Å². The fourth-order valence-electron chi connectivity index (χ4n) is 7.27. The van der Waals surface area contributed by atoms with Crippen LogP contribution in [0.25, 0.3) is 86.3 Å². The second-order valence-electron chi connectivity index (χ2n) is 11.8. The topological polar surface area (TPSA) is 9.86 Å². The zero-order chi connectivity index (χ0) is 29.5. The first kappa shape index (κ1) is 24.8. The maximum Gasteiger partial charge on any atom is 0.0562 e. The van der Waals surface area contributed by atoms with Gasteiger partial charge in [-0.3, -0.25) is 0 Å². The molecule has 10 aromatic rings. The minimum Gasteiger partial charge on any atom is -0.309 e. The van der Waals surface area contributed by atoms with Crippen LogP contribution in [-0.4, -0.2) is 9.13 Å². The Labute approximate surface area is 263 Å². The minimum atomic E-state index is 1.16. The molecule has 0 saturated carbocycles. The molecule has 0 amide bonds. The van der Waals surface area contributed by atoms with Gasteiger partial charge in [0.15, 0.2) is 0 Å². The monoisotopic (exact) mass is 590 g/mol. The number of hydrogen-bond acceptors (Lipinski definition) is 1. The molecule has 0 bridgehead atoms. The van der Waals surface area contributed by atoms with Gasteiger partial charge in [-0.15, -0.1) is 11.3 Å².